The molecule has 0 amide bonds. The van der Waals surface area contributed by atoms with Gasteiger partial charge in [-0.05, 0) is 18.2 Å². The Kier molecular flexibility index (Phi) is 3.22. The maximum absolute atomic E-state index is 13.0. The third kappa shape index (κ3) is 2.82. The highest BCUT2D eigenvalue weighted by atomic mass is 19.1. The second kappa shape index (κ2) is 4.82. The fraction of sp³-hybridized carbons (Fsp3) is 0.182. The van der Waals surface area contributed by atoms with E-state index in [1.807, 2.05) is 0 Å². The highest BCUT2D eigenvalue weighted by molar-refractivity contribution is 5.90. The second-order valence-corrected chi connectivity index (χ2v) is 3.73. The minimum absolute atomic E-state index is 0.0247. The Morgan fingerprint density at radius 2 is 2.28 bits per heavy atom. The normalized spacial score (nSPS) is 10.3. The smallest absolute Gasteiger partial charge is 0.338 e. The van der Waals surface area contributed by atoms with Gasteiger partial charge in [-0.15, -0.1) is 5.10 Å². The largest absolute Gasteiger partial charge is 0.455 e. The molecule has 94 valence electrons. The number of hydrogen-bond donors (Lipinski definition) is 1. The molecule has 1 aromatic heterocycles. The molecule has 0 spiro atoms. The van der Waals surface area contributed by atoms with Crippen molar-refractivity contribution in [1.29, 1.82) is 0 Å². The molecule has 1 aromatic carbocycles. The van der Waals surface area contributed by atoms with Gasteiger partial charge in [-0.1, -0.05) is 5.21 Å². The molecule has 0 aliphatic heterocycles. The van der Waals surface area contributed by atoms with Crippen molar-refractivity contribution in [3.8, 4) is 0 Å². The minimum Gasteiger partial charge on any atom is -0.455 e. The summed E-state index contributed by atoms with van der Waals surface area (Å²) in [5.41, 5.74) is 6.18. The molecule has 0 fully saturated rings. The lowest BCUT2D eigenvalue weighted by molar-refractivity contribution is 0.0467. The van der Waals surface area contributed by atoms with Crippen molar-refractivity contribution < 1.29 is 13.9 Å². The Morgan fingerprint density at radius 3 is 2.89 bits per heavy atom. The molecule has 0 saturated heterocycles. The Balaban J connectivity index is 2.03. The maximum atomic E-state index is 13.0. The summed E-state index contributed by atoms with van der Waals surface area (Å²) in [6.45, 7) is -0.0247. The SMILES string of the molecule is Cn1cc(COC(=O)c2cc(N)cc(F)c2)nn1. The molecule has 0 radical (unpaired) electrons. The Bertz CT molecular complexity index is 562. The molecular formula is C11H11FN4O2. The number of nitrogen functional groups attached to an aromatic ring is 1. The highest BCUT2D eigenvalue weighted by Gasteiger charge is 2.10. The van der Waals surface area contributed by atoms with E-state index in [2.05, 4.69) is 10.3 Å². The van der Waals surface area contributed by atoms with Crippen LogP contribution >= 0.6 is 0 Å². The third-order valence-corrected chi connectivity index (χ3v) is 2.16. The summed E-state index contributed by atoms with van der Waals surface area (Å²) in [5.74, 6) is -1.24. The van der Waals surface area contributed by atoms with Crippen molar-refractivity contribution in [3.05, 3.63) is 41.5 Å². The zero-order valence-electron chi connectivity index (χ0n) is 9.63. The average Bonchev–Trinajstić information content (AvgIpc) is 2.70. The van der Waals surface area contributed by atoms with Gasteiger partial charge in [-0.25, -0.2) is 9.18 Å². The van der Waals surface area contributed by atoms with Gasteiger partial charge in [0, 0.05) is 12.7 Å². The second-order valence-electron chi connectivity index (χ2n) is 3.73. The number of halogens is 1. The summed E-state index contributed by atoms with van der Waals surface area (Å²) in [6.07, 6.45) is 1.62. The van der Waals surface area contributed by atoms with Gasteiger partial charge >= 0.3 is 5.97 Å². The minimum atomic E-state index is -0.660. The van der Waals surface area contributed by atoms with E-state index in [9.17, 15) is 9.18 Å². The van der Waals surface area contributed by atoms with Gasteiger partial charge in [0.25, 0.3) is 0 Å². The van der Waals surface area contributed by atoms with Crippen molar-refractivity contribution in [3.63, 3.8) is 0 Å². The quantitative estimate of drug-likeness (QED) is 0.646. The van der Waals surface area contributed by atoms with E-state index in [1.54, 1.807) is 13.2 Å². The number of nitrogens with zero attached hydrogens (tertiary/aromatic N) is 3. The van der Waals surface area contributed by atoms with Gasteiger partial charge < -0.3 is 10.5 Å². The van der Waals surface area contributed by atoms with Crippen molar-refractivity contribution in [2.24, 2.45) is 7.05 Å². The van der Waals surface area contributed by atoms with Crippen molar-refractivity contribution >= 4 is 11.7 Å². The summed E-state index contributed by atoms with van der Waals surface area (Å²) >= 11 is 0. The number of carbonyl (C=O) groups excluding carboxylic acids is 1. The van der Waals surface area contributed by atoms with Crippen LogP contribution in [0.4, 0.5) is 10.1 Å². The highest BCUT2D eigenvalue weighted by Crippen LogP contribution is 2.12. The molecule has 0 saturated carbocycles. The number of anilines is 1. The first-order valence-corrected chi connectivity index (χ1v) is 5.13. The Morgan fingerprint density at radius 1 is 1.50 bits per heavy atom. The van der Waals surface area contributed by atoms with Crippen molar-refractivity contribution in [2.75, 3.05) is 5.73 Å². The van der Waals surface area contributed by atoms with E-state index >= 15 is 0 Å². The van der Waals surface area contributed by atoms with E-state index < -0.39 is 11.8 Å². The zero-order chi connectivity index (χ0) is 13.1. The van der Waals surface area contributed by atoms with E-state index in [4.69, 9.17) is 10.5 Å². The number of esters is 1. The van der Waals surface area contributed by atoms with Crippen LogP contribution in [0.15, 0.2) is 24.4 Å². The van der Waals surface area contributed by atoms with Gasteiger partial charge in [-0.3, -0.25) is 4.68 Å². The molecule has 0 unspecified atom stereocenters. The molecule has 7 heteroatoms. The number of ether oxygens (including phenoxy) is 1. The summed E-state index contributed by atoms with van der Waals surface area (Å²) in [6, 6.07) is 3.54. The first-order valence-electron chi connectivity index (χ1n) is 5.13. The first kappa shape index (κ1) is 12.0. The number of nitrogens with two attached hydrogens (primary N) is 1. The Labute approximate surface area is 102 Å². The summed E-state index contributed by atoms with van der Waals surface area (Å²) in [5, 5.41) is 7.44. The molecule has 0 aliphatic carbocycles. The van der Waals surface area contributed by atoms with Crippen molar-refractivity contribution in [1.82, 2.24) is 15.0 Å². The lowest BCUT2D eigenvalue weighted by Gasteiger charge is -2.03. The molecule has 18 heavy (non-hydrogen) atoms. The van der Waals surface area contributed by atoms with Gasteiger partial charge in [0.1, 0.15) is 18.1 Å². The third-order valence-electron chi connectivity index (χ3n) is 2.16. The van der Waals surface area contributed by atoms with Crippen LogP contribution in [-0.4, -0.2) is 21.0 Å². The molecule has 2 rings (SSSR count). The molecule has 6 nitrogen and oxygen atoms in total. The van der Waals surface area contributed by atoms with Gasteiger partial charge in [-0.2, -0.15) is 0 Å². The fourth-order valence-electron chi connectivity index (χ4n) is 1.41. The van der Waals surface area contributed by atoms with Gasteiger partial charge in [0.15, 0.2) is 0 Å². The lowest BCUT2D eigenvalue weighted by Crippen LogP contribution is -2.06. The van der Waals surface area contributed by atoms with Gasteiger partial charge in [0.2, 0.25) is 0 Å². The van der Waals surface area contributed by atoms with E-state index in [-0.39, 0.29) is 17.9 Å². The van der Waals surface area contributed by atoms with Crippen LogP contribution in [-0.2, 0) is 18.4 Å². The van der Waals surface area contributed by atoms with E-state index in [1.165, 1.54) is 10.7 Å². The van der Waals surface area contributed by atoms with E-state index in [0.717, 1.165) is 12.1 Å². The van der Waals surface area contributed by atoms with Crippen LogP contribution in [0.1, 0.15) is 16.1 Å². The number of aryl methyl sites for hydroxylation is 1. The van der Waals surface area contributed by atoms with Crippen LogP contribution in [0.3, 0.4) is 0 Å². The average molecular weight is 250 g/mol. The van der Waals surface area contributed by atoms with Crippen LogP contribution in [0, 0.1) is 5.82 Å². The molecule has 2 N–H and O–H groups in total. The summed E-state index contributed by atoms with van der Waals surface area (Å²) < 4.78 is 19.5. The van der Waals surface area contributed by atoms with Crippen molar-refractivity contribution in [2.45, 2.75) is 6.61 Å². The van der Waals surface area contributed by atoms with E-state index in [0.29, 0.717) is 5.69 Å². The summed E-state index contributed by atoms with van der Waals surface area (Å²) in [4.78, 5) is 11.6. The Hall–Kier alpha value is -2.44. The first-order chi connectivity index (χ1) is 8.54. The molecule has 0 atom stereocenters. The molecule has 1 heterocycles. The molecular weight excluding hydrogens is 239 g/mol. The number of benzene rings is 1. The van der Waals surface area contributed by atoms with Crippen LogP contribution in [0.2, 0.25) is 0 Å². The predicted molar refractivity (Wildman–Crippen MR) is 60.9 cm³/mol. The number of carbonyl (C=O) groups is 1. The standard InChI is InChI=1S/C11H11FN4O2/c1-16-5-10(14-15-16)6-18-11(17)7-2-8(12)4-9(13)3-7/h2-5H,6,13H2,1H3. The maximum Gasteiger partial charge on any atom is 0.338 e. The molecule has 0 bridgehead atoms. The number of hydrogen-bond acceptors (Lipinski definition) is 5. The predicted octanol–water partition coefficient (Wildman–Crippen LogP) is 0.893. The summed E-state index contributed by atoms with van der Waals surface area (Å²) in [7, 11) is 1.70. The van der Waals surface area contributed by atoms with Crippen LogP contribution in [0.5, 0.6) is 0 Å². The lowest BCUT2D eigenvalue weighted by atomic mass is 10.2. The topological polar surface area (TPSA) is 83.0 Å². The van der Waals surface area contributed by atoms with Gasteiger partial charge in [0.05, 0.1) is 11.8 Å². The molecule has 0 aliphatic rings. The number of aromatic nitrogens is 3. The van der Waals surface area contributed by atoms with Crippen LogP contribution in [0.25, 0.3) is 0 Å². The van der Waals surface area contributed by atoms with Crippen LogP contribution < -0.4 is 5.73 Å². The zero-order valence-corrected chi connectivity index (χ0v) is 9.63. The fourth-order valence-corrected chi connectivity index (χ4v) is 1.41. The molecule has 2 aromatic rings. The monoisotopic (exact) mass is 250 g/mol. The number of rotatable bonds is 3.